The number of ether oxygens (including phenoxy) is 1. The fraction of sp³-hybridized carbons (Fsp3) is 0.250. The van der Waals surface area contributed by atoms with Crippen molar-refractivity contribution >= 4 is 5.78 Å². The molecule has 0 bridgehead atoms. The molecule has 34 heavy (non-hydrogen) atoms. The van der Waals surface area contributed by atoms with Gasteiger partial charge >= 0.3 is 0 Å². The number of hydrogen-bond donors (Lipinski definition) is 0. The number of pyridine rings is 1. The van der Waals surface area contributed by atoms with Crippen molar-refractivity contribution in [2.75, 3.05) is 0 Å². The second-order valence-corrected chi connectivity index (χ2v) is 8.58. The zero-order valence-corrected chi connectivity index (χ0v) is 18.9. The number of aryl methyl sites for hydroxylation is 1. The Bertz CT molecular complexity index is 1260. The van der Waals surface area contributed by atoms with E-state index < -0.39 is 0 Å². The molecule has 1 atom stereocenters. The molecule has 0 aliphatic heterocycles. The van der Waals surface area contributed by atoms with E-state index in [0.717, 1.165) is 59.4 Å². The molecule has 172 valence electrons. The van der Waals surface area contributed by atoms with Crippen LogP contribution in [0.4, 0.5) is 4.39 Å². The molecule has 2 aromatic heterocycles. The second kappa shape index (κ2) is 10.00. The van der Waals surface area contributed by atoms with Crippen molar-refractivity contribution in [2.45, 2.75) is 44.8 Å². The van der Waals surface area contributed by atoms with Crippen LogP contribution in [0.1, 0.15) is 51.7 Å². The zero-order chi connectivity index (χ0) is 23.3. The van der Waals surface area contributed by atoms with Gasteiger partial charge in [-0.05, 0) is 78.8 Å². The summed E-state index contributed by atoms with van der Waals surface area (Å²) in [5.74, 6) is 0.674. The molecule has 0 saturated heterocycles. The molecule has 0 N–H and O–H groups in total. The van der Waals surface area contributed by atoms with E-state index in [2.05, 4.69) is 9.97 Å². The van der Waals surface area contributed by atoms with E-state index in [0.29, 0.717) is 13.0 Å². The van der Waals surface area contributed by atoms with E-state index in [9.17, 15) is 9.18 Å². The van der Waals surface area contributed by atoms with Crippen LogP contribution in [-0.4, -0.2) is 20.3 Å². The molecule has 6 heteroatoms. The average Bonchev–Trinajstić information content (AvgIpc) is 3.37. The number of halogens is 1. The van der Waals surface area contributed by atoms with Crippen molar-refractivity contribution in [3.8, 4) is 5.75 Å². The highest BCUT2D eigenvalue weighted by Gasteiger charge is 2.24. The third-order valence-corrected chi connectivity index (χ3v) is 6.32. The Morgan fingerprint density at radius 1 is 1.00 bits per heavy atom. The van der Waals surface area contributed by atoms with Crippen LogP contribution in [0.5, 0.6) is 5.75 Å². The van der Waals surface area contributed by atoms with Crippen molar-refractivity contribution in [1.29, 1.82) is 0 Å². The third kappa shape index (κ3) is 4.91. The van der Waals surface area contributed by atoms with Gasteiger partial charge in [0.2, 0.25) is 0 Å². The molecule has 1 aliphatic carbocycles. The lowest BCUT2D eigenvalue weighted by molar-refractivity contribution is 0.0972. The fourth-order valence-corrected chi connectivity index (χ4v) is 4.59. The highest BCUT2D eigenvalue weighted by Crippen LogP contribution is 2.35. The Morgan fingerprint density at radius 3 is 2.65 bits per heavy atom. The first-order valence-electron chi connectivity index (χ1n) is 11.6. The van der Waals surface area contributed by atoms with E-state index >= 15 is 0 Å². The van der Waals surface area contributed by atoms with E-state index in [1.807, 2.05) is 41.1 Å². The van der Waals surface area contributed by atoms with Crippen molar-refractivity contribution in [3.63, 3.8) is 0 Å². The summed E-state index contributed by atoms with van der Waals surface area (Å²) in [4.78, 5) is 21.2. The minimum atomic E-state index is -0.347. The maximum Gasteiger partial charge on any atom is 0.163 e. The predicted molar refractivity (Wildman–Crippen MR) is 127 cm³/mol. The van der Waals surface area contributed by atoms with Crippen LogP contribution in [0.15, 0.2) is 79.5 Å². The molecular weight excluding hydrogens is 429 g/mol. The summed E-state index contributed by atoms with van der Waals surface area (Å²) < 4.78 is 22.2. The number of fused-ring (bicyclic) bond motifs is 1. The highest BCUT2D eigenvalue weighted by atomic mass is 19.1. The van der Waals surface area contributed by atoms with Gasteiger partial charge in [0.15, 0.2) is 5.78 Å². The predicted octanol–water partition coefficient (Wildman–Crippen LogP) is 5.54. The van der Waals surface area contributed by atoms with Crippen LogP contribution in [0, 0.1) is 5.82 Å². The molecule has 4 aromatic rings. The van der Waals surface area contributed by atoms with Crippen LogP contribution in [0.2, 0.25) is 0 Å². The number of hydrogen-bond acceptors (Lipinski definition) is 4. The fourth-order valence-electron chi connectivity index (χ4n) is 4.59. The number of carbonyl (C=O) groups excluding carboxylic acids is 1. The highest BCUT2D eigenvalue weighted by molar-refractivity contribution is 5.99. The van der Waals surface area contributed by atoms with E-state index in [1.54, 1.807) is 30.9 Å². The Kier molecular flexibility index (Phi) is 6.47. The maximum absolute atomic E-state index is 13.6. The van der Waals surface area contributed by atoms with Gasteiger partial charge in [-0.3, -0.25) is 9.78 Å². The molecule has 0 radical (unpaired) electrons. The van der Waals surface area contributed by atoms with Gasteiger partial charge in [0, 0.05) is 36.3 Å². The maximum atomic E-state index is 13.6. The molecule has 5 nitrogen and oxygen atoms in total. The van der Waals surface area contributed by atoms with E-state index in [-0.39, 0.29) is 17.7 Å². The molecule has 0 spiro atoms. The van der Waals surface area contributed by atoms with E-state index in [1.165, 1.54) is 12.1 Å². The molecule has 2 aromatic carbocycles. The number of Topliss-reactive ketones (excluding diaryl/α,β-unsaturated/α-hetero) is 1. The summed E-state index contributed by atoms with van der Waals surface area (Å²) in [5, 5.41) is 0. The molecule has 0 amide bonds. The lowest BCUT2D eigenvalue weighted by atomic mass is 9.85. The molecule has 2 heterocycles. The van der Waals surface area contributed by atoms with Gasteiger partial charge in [0.25, 0.3) is 0 Å². The van der Waals surface area contributed by atoms with Crippen molar-refractivity contribution in [2.24, 2.45) is 0 Å². The molecule has 0 saturated carbocycles. The molecular formula is C28H26FN3O2. The van der Waals surface area contributed by atoms with Crippen LogP contribution in [0.25, 0.3) is 0 Å². The number of nitrogens with zero attached hydrogens (tertiary/aromatic N) is 3. The first-order chi connectivity index (χ1) is 16.7. The van der Waals surface area contributed by atoms with Crippen LogP contribution >= 0.6 is 0 Å². The Balaban J connectivity index is 1.51. The summed E-state index contributed by atoms with van der Waals surface area (Å²) in [6, 6.07) is 16.1. The first kappa shape index (κ1) is 22.0. The van der Waals surface area contributed by atoms with Crippen molar-refractivity contribution < 1.29 is 13.9 Å². The van der Waals surface area contributed by atoms with Crippen molar-refractivity contribution in [3.05, 3.63) is 113 Å². The van der Waals surface area contributed by atoms with E-state index in [4.69, 9.17) is 4.74 Å². The van der Waals surface area contributed by atoms with Gasteiger partial charge in [-0.2, -0.15) is 0 Å². The standard InChI is InChI=1S/C28H26FN3O2/c29-21-9-7-20(8-10-21)28(18-32-17-16-30-19-32)34-27-14-13-24-23(5-3-6-26(24)33)25(27)12-11-22-4-1-2-15-31-22/h1-2,4,7-10,13-17,19,28H,3,5-6,11-12,18H2/t28-/m1/s1. The first-order valence-corrected chi connectivity index (χ1v) is 11.6. The molecule has 0 unspecified atom stereocenters. The molecule has 5 rings (SSSR count). The zero-order valence-electron chi connectivity index (χ0n) is 18.9. The summed E-state index contributed by atoms with van der Waals surface area (Å²) >= 11 is 0. The summed E-state index contributed by atoms with van der Waals surface area (Å²) in [5.41, 5.74) is 4.84. The average molecular weight is 456 g/mol. The lowest BCUT2D eigenvalue weighted by Gasteiger charge is -2.26. The van der Waals surface area contributed by atoms with Crippen molar-refractivity contribution in [1.82, 2.24) is 14.5 Å². The van der Waals surface area contributed by atoms with Crippen LogP contribution < -0.4 is 4.74 Å². The third-order valence-electron chi connectivity index (χ3n) is 6.32. The quantitative estimate of drug-likeness (QED) is 0.350. The number of ketones is 1. The molecule has 1 aliphatic rings. The minimum Gasteiger partial charge on any atom is -0.484 e. The van der Waals surface area contributed by atoms with Crippen LogP contribution in [-0.2, 0) is 25.8 Å². The summed E-state index contributed by atoms with van der Waals surface area (Å²) in [6.45, 7) is 0.529. The number of imidazole rings is 1. The van der Waals surface area contributed by atoms with Gasteiger partial charge in [0.1, 0.15) is 17.7 Å². The van der Waals surface area contributed by atoms with Gasteiger partial charge in [-0.15, -0.1) is 0 Å². The lowest BCUT2D eigenvalue weighted by Crippen LogP contribution is -2.18. The number of aromatic nitrogens is 3. The number of carbonyl (C=O) groups is 1. The monoisotopic (exact) mass is 455 g/mol. The van der Waals surface area contributed by atoms with Gasteiger partial charge in [-0.1, -0.05) is 18.2 Å². The largest absolute Gasteiger partial charge is 0.484 e. The topological polar surface area (TPSA) is 57.0 Å². The number of rotatable bonds is 8. The SMILES string of the molecule is O=C1CCCc2c1ccc(O[C@H](Cn1ccnc1)c1ccc(F)cc1)c2CCc1ccccn1. The molecule has 0 fully saturated rings. The second-order valence-electron chi connectivity index (χ2n) is 8.58. The summed E-state index contributed by atoms with van der Waals surface area (Å²) in [7, 11) is 0. The Morgan fingerprint density at radius 2 is 1.88 bits per heavy atom. The van der Waals surface area contributed by atoms with Crippen LogP contribution in [0.3, 0.4) is 0 Å². The Hall–Kier alpha value is -3.80. The van der Waals surface area contributed by atoms with Gasteiger partial charge < -0.3 is 9.30 Å². The summed E-state index contributed by atoms with van der Waals surface area (Å²) in [6.07, 6.45) is 10.6. The minimum absolute atomic E-state index is 0.195. The normalized spacial score (nSPS) is 14.0. The van der Waals surface area contributed by atoms with Gasteiger partial charge in [0.05, 0.1) is 12.9 Å². The van der Waals surface area contributed by atoms with Gasteiger partial charge in [-0.25, -0.2) is 9.37 Å². The smallest absolute Gasteiger partial charge is 0.163 e. The Labute approximate surface area is 198 Å². The number of benzene rings is 2.